The van der Waals surface area contributed by atoms with Gasteiger partial charge in [0.25, 0.3) is 15.9 Å². The normalized spacial score (nSPS) is 20.3. The molecule has 1 saturated heterocycles. The number of aryl methyl sites for hydroxylation is 1. The van der Waals surface area contributed by atoms with Crippen molar-refractivity contribution in [1.82, 2.24) is 4.90 Å². The number of nitrogens with zero attached hydrogens (tertiary/aromatic N) is 1. The van der Waals surface area contributed by atoms with Crippen molar-refractivity contribution in [2.24, 2.45) is 11.8 Å². The molecule has 27 heavy (non-hydrogen) atoms. The van der Waals surface area contributed by atoms with Gasteiger partial charge in [0, 0.05) is 24.3 Å². The quantitative estimate of drug-likeness (QED) is 0.866. The van der Waals surface area contributed by atoms with Gasteiger partial charge in [-0.1, -0.05) is 37.6 Å². The maximum absolute atomic E-state index is 12.9. The first-order valence-corrected chi connectivity index (χ1v) is 10.7. The Bertz CT molecular complexity index is 913. The maximum Gasteiger partial charge on any atom is 0.261 e. The van der Waals surface area contributed by atoms with E-state index in [1.54, 1.807) is 24.3 Å². The van der Waals surface area contributed by atoms with Crippen molar-refractivity contribution in [1.29, 1.82) is 0 Å². The summed E-state index contributed by atoms with van der Waals surface area (Å²) in [7, 11) is -3.76. The number of hydrogen-bond acceptors (Lipinski definition) is 3. The second-order valence-corrected chi connectivity index (χ2v) is 9.34. The Morgan fingerprint density at radius 2 is 1.67 bits per heavy atom. The third-order valence-electron chi connectivity index (χ3n) is 4.85. The third kappa shape index (κ3) is 4.69. The summed E-state index contributed by atoms with van der Waals surface area (Å²) in [6.45, 7) is 7.64. The van der Waals surface area contributed by atoms with Crippen LogP contribution in [0.2, 0.25) is 0 Å². The van der Waals surface area contributed by atoms with Crippen LogP contribution in [0.15, 0.2) is 53.4 Å². The predicted molar refractivity (Wildman–Crippen MR) is 107 cm³/mol. The highest BCUT2D eigenvalue weighted by Gasteiger charge is 2.27. The zero-order chi connectivity index (χ0) is 19.6. The summed E-state index contributed by atoms with van der Waals surface area (Å²) in [5, 5.41) is 0. The van der Waals surface area contributed by atoms with Gasteiger partial charge < -0.3 is 4.90 Å². The van der Waals surface area contributed by atoms with Crippen molar-refractivity contribution < 1.29 is 13.2 Å². The van der Waals surface area contributed by atoms with Crippen molar-refractivity contribution >= 4 is 21.6 Å². The molecule has 1 heterocycles. The molecule has 1 aliphatic heterocycles. The minimum Gasteiger partial charge on any atom is -0.338 e. The van der Waals surface area contributed by atoms with Crippen molar-refractivity contribution in [3.8, 4) is 0 Å². The van der Waals surface area contributed by atoms with Gasteiger partial charge in [-0.05, 0) is 55.5 Å². The molecule has 144 valence electrons. The molecule has 3 rings (SSSR count). The van der Waals surface area contributed by atoms with Crippen LogP contribution in [0.1, 0.15) is 36.2 Å². The minimum atomic E-state index is -3.76. The summed E-state index contributed by atoms with van der Waals surface area (Å²) < 4.78 is 28.0. The van der Waals surface area contributed by atoms with Gasteiger partial charge in [0.05, 0.1) is 4.90 Å². The lowest BCUT2D eigenvalue weighted by molar-refractivity contribution is 0.0623. The first-order chi connectivity index (χ1) is 12.7. The first kappa shape index (κ1) is 19.4. The zero-order valence-corrected chi connectivity index (χ0v) is 16.8. The Labute approximate surface area is 161 Å². The smallest absolute Gasteiger partial charge is 0.261 e. The lowest BCUT2D eigenvalue weighted by Gasteiger charge is -2.35. The van der Waals surface area contributed by atoms with Crippen molar-refractivity contribution in [2.75, 3.05) is 17.8 Å². The average molecular weight is 387 g/mol. The van der Waals surface area contributed by atoms with E-state index < -0.39 is 10.0 Å². The topological polar surface area (TPSA) is 66.5 Å². The fourth-order valence-electron chi connectivity index (χ4n) is 3.64. The summed E-state index contributed by atoms with van der Waals surface area (Å²) in [5.74, 6) is 0.793. The lowest BCUT2D eigenvalue weighted by atomic mass is 9.91. The molecule has 1 fully saturated rings. The molecule has 2 unspecified atom stereocenters. The molecule has 0 saturated carbocycles. The highest BCUT2D eigenvalue weighted by Crippen LogP contribution is 2.24. The van der Waals surface area contributed by atoms with E-state index >= 15 is 0 Å². The Morgan fingerprint density at radius 1 is 1.04 bits per heavy atom. The molecular weight excluding hydrogens is 360 g/mol. The molecule has 0 bridgehead atoms. The van der Waals surface area contributed by atoms with E-state index in [0.717, 1.165) is 12.0 Å². The number of benzene rings is 2. The Hall–Kier alpha value is -2.34. The summed E-state index contributed by atoms with van der Waals surface area (Å²) in [5.41, 5.74) is 1.95. The van der Waals surface area contributed by atoms with E-state index in [0.29, 0.717) is 36.2 Å². The van der Waals surface area contributed by atoms with E-state index in [1.165, 1.54) is 12.1 Å². The number of likely N-dealkylation sites (tertiary alicyclic amines) is 1. The second kappa shape index (κ2) is 7.72. The highest BCUT2D eigenvalue weighted by atomic mass is 32.2. The van der Waals surface area contributed by atoms with Gasteiger partial charge in [-0.3, -0.25) is 9.52 Å². The molecule has 1 amide bonds. The van der Waals surface area contributed by atoms with Crippen LogP contribution in [-0.2, 0) is 10.0 Å². The Balaban J connectivity index is 1.82. The van der Waals surface area contributed by atoms with Crippen LogP contribution in [0.25, 0.3) is 0 Å². The standard InChI is InChI=1S/C21H26N2O3S/c1-15-7-9-19(10-8-15)22-27(25,26)20-6-4-5-18(12-20)21(24)23-13-16(2)11-17(3)14-23/h4-10,12,16-17,22H,11,13-14H2,1-3H3. The summed E-state index contributed by atoms with van der Waals surface area (Å²) >= 11 is 0. The number of amides is 1. The highest BCUT2D eigenvalue weighted by molar-refractivity contribution is 7.92. The Morgan fingerprint density at radius 3 is 2.30 bits per heavy atom. The number of nitrogens with one attached hydrogen (secondary N) is 1. The van der Waals surface area contributed by atoms with E-state index in [1.807, 2.05) is 24.0 Å². The number of rotatable bonds is 4. The molecule has 0 aliphatic carbocycles. The maximum atomic E-state index is 12.9. The van der Waals surface area contributed by atoms with Crippen molar-refractivity contribution in [3.05, 3.63) is 59.7 Å². The average Bonchev–Trinajstić information content (AvgIpc) is 2.62. The van der Waals surface area contributed by atoms with Gasteiger partial charge in [-0.25, -0.2) is 8.42 Å². The van der Waals surface area contributed by atoms with E-state index in [9.17, 15) is 13.2 Å². The molecule has 2 atom stereocenters. The van der Waals surface area contributed by atoms with E-state index in [4.69, 9.17) is 0 Å². The zero-order valence-electron chi connectivity index (χ0n) is 16.0. The molecule has 6 heteroatoms. The number of hydrogen-bond donors (Lipinski definition) is 1. The molecule has 2 aromatic carbocycles. The first-order valence-electron chi connectivity index (χ1n) is 9.23. The Kier molecular flexibility index (Phi) is 5.56. The van der Waals surface area contributed by atoms with Gasteiger partial charge in [0.2, 0.25) is 0 Å². The van der Waals surface area contributed by atoms with Crippen LogP contribution in [0.4, 0.5) is 5.69 Å². The minimum absolute atomic E-state index is 0.0898. The van der Waals surface area contributed by atoms with Crippen LogP contribution in [0.3, 0.4) is 0 Å². The molecule has 5 nitrogen and oxygen atoms in total. The van der Waals surface area contributed by atoms with Gasteiger partial charge in [0.15, 0.2) is 0 Å². The number of piperidine rings is 1. The van der Waals surface area contributed by atoms with Gasteiger partial charge in [-0.15, -0.1) is 0 Å². The fraction of sp³-hybridized carbons (Fsp3) is 0.381. The molecule has 0 radical (unpaired) electrons. The lowest BCUT2D eigenvalue weighted by Crippen LogP contribution is -2.42. The van der Waals surface area contributed by atoms with Crippen LogP contribution < -0.4 is 4.72 Å². The summed E-state index contributed by atoms with van der Waals surface area (Å²) in [4.78, 5) is 14.8. The number of carbonyl (C=O) groups is 1. The molecule has 1 aliphatic rings. The third-order valence-corrected chi connectivity index (χ3v) is 6.23. The molecular formula is C21H26N2O3S. The largest absolute Gasteiger partial charge is 0.338 e. The monoisotopic (exact) mass is 386 g/mol. The summed E-state index contributed by atoms with van der Waals surface area (Å²) in [6.07, 6.45) is 1.11. The van der Waals surface area contributed by atoms with Crippen molar-refractivity contribution in [2.45, 2.75) is 32.1 Å². The van der Waals surface area contributed by atoms with E-state index in [2.05, 4.69) is 18.6 Å². The van der Waals surface area contributed by atoms with Gasteiger partial charge >= 0.3 is 0 Å². The number of sulfonamides is 1. The summed E-state index contributed by atoms with van der Waals surface area (Å²) in [6, 6.07) is 13.4. The van der Waals surface area contributed by atoms with Crippen LogP contribution >= 0.6 is 0 Å². The molecule has 1 N–H and O–H groups in total. The van der Waals surface area contributed by atoms with Crippen LogP contribution in [0, 0.1) is 18.8 Å². The van der Waals surface area contributed by atoms with Gasteiger partial charge in [0.1, 0.15) is 0 Å². The molecule has 0 aromatic heterocycles. The van der Waals surface area contributed by atoms with Crippen molar-refractivity contribution in [3.63, 3.8) is 0 Å². The molecule has 0 spiro atoms. The van der Waals surface area contributed by atoms with E-state index in [-0.39, 0.29) is 10.8 Å². The second-order valence-electron chi connectivity index (χ2n) is 7.66. The molecule has 2 aromatic rings. The van der Waals surface area contributed by atoms with Crippen LogP contribution in [0.5, 0.6) is 0 Å². The number of carbonyl (C=O) groups excluding carboxylic acids is 1. The SMILES string of the molecule is Cc1ccc(NS(=O)(=O)c2cccc(C(=O)N3CC(C)CC(C)C3)c2)cc1. The fourth-order valence-corrected chi connectivity index (χ4v) is 4.75. The number of anilines is 1. The van der Waals surface area contributed by atoms with Gasteiger partial charge in [-0.2, -0.15) is 0 Å². The van der Waals surface area contributed by atoms with Crippen LogP contribution in [-0.4, -0.2) is 32.3 Å². The predicted octanol–water partition coefficient (Wildman–Crippen LogP) is 3.91.